The number of nitrogens with zero attached hydrogens (tertiary/aromatic N) is 1. The molecule has 0 aromatic heterocycles. The number of methoxy groups -OCH3 is 2. The van der Waals surface area contributed by atoms with Gasteiger partial charge in [-0.1, -0.05) is 30.9 Å². The lowest BCUT2D eigenvalue weighted by Gasteiger charge is -2.29. The Morgan fingerprint density at radius 3 is 2.32 bits per heavy atom. The van der Waals surface area contributed by atoms with Crippen LogP contribution in [0.15, 0.2) is 53.2 Å². The molecular formula is C25H26ClN3O5. The van der Waals surface area contributed by atoms with Gasteiger partial charge in [-0.3, -0.25) is 19.3 Å². The van der Waals surface area contributed by atoms with Crippen molar-refractivity contribution in [3.63, 3.8) is 0 Å². The van der Waals surface area contributed by atoms with Gasteiger partial charge in [0.05, 0.1) is 19.9 Å². The fourth-order valence-corrected chi connectivity index (χ4v) is 4.47. The first kappa shape index (κ1) is 23.6. The Hall–Kier alpha value is -3.52. The van der Waals surface area contributed by atoms with Gasteiger partial charge in [-0.15, -0.1) is 0 Å². The van der Waals surface area contributed by atoms with E-state index in [4.69, 9.17) is 21.1 Å². The summed E-state index contributed by atoms with van der Waals surface area (Å²) < 4.78 is 10.5. The highest BCUT2D eigenvalue weighted by Crippen LogP contribution is 2.32. The topological polar surface area (TPSA) is 97.0 Å². The molecule has 0 radical (unpaired) electrons. The molecule has 34 heavy (non-hydrogen) atoms. The molecule has 1 heterocycles. The van der Waals surface area contributed by atoms with Gasteiger partial charge in [0.15, 0.2) is 0 Å². The van der Waals surface area contributed by atoms with Gasteiger partial charge in [-0.25, -0.2) is 0 Å². The zero-order valence-electron chi connectivity index (χ0n) is 19.0. The van der Waals surface area contributed by atoms with Gasteiger partial charge < -0.3 is 20.1 Å². The van der Waals surface area contributed by atoms with Gasteiger partial charge >= 0.3 is 0 Å². The molecule has 0 spiro atoms. The number of halogens is 1. The minimum atomic E-state index is -0.454. The van der Waals surface area contributed by atoms with Crippen molar-refractivity contribution in [1.29, 1.82) is 0 Å². The normalized spacial score (nSPS) is 16.6. The van der Waals surface area contributed by atoms with Crippen LogP contribution in [0.2, 0.25) is 0 Å². The highest BCUT2D eigenvalue weighted by Gasteiger charge is 2.42. The molecule has 0 bridgehead atoms. The molecule has 2 N–H and O–H groups in total. The summed E-state index contributed by atoms with van der Waals surface area (Å²) in [6.45, 7) is 0. The maximum absolute atomic E-state index is 12.9. The lowest BCUT2D eigenvalue weighted by Crippen LogP contribution is -2.42. The third-order valence-corrected chi connectivity index (χ3v) is 6.42. The third-order valence-electron chi connectivity index (χ3n) is 6.07. The van der Waals surface area contributed by atoms with Gasteiger partial charge in [0.2, 0.25) is 0 Å². The number of rotatable bonds is 7. The van der Waals surface area contributed by atoms with Crippen LogP contribution < -0.4 is 20.1 Å². The second-order valence-electron chi connectivity index (χ2n) is 8.18. The van der Waals surface area contributed by atoms with E-state index in [1.165, 1.54) is 19.1 Å². The molecule has 4 rings (SSSR count). The summed E-state index contributed by atoms with van der Waals surface area (Å²) in [5, 5.41) is 5.65. The Labute approximate surface area is 202 Å². The summed E-state index contributed by atoms with van der Waals surface area (Å²) >= 11 is 6.23. The van der Waals surface area contributed by atoms with Gasteiger partial charge in [-0.05, 0) is 49.2 Å². The summed E-state index contributed by atoms with van der Waals surface area (Å²) in [5.41, 5.74) is 1.47. The van der Waals surface area contributed by atoms with Gasteiger partial charge in [0, 0.05) is 23.4 Å². The molecule has 2 aliphatic rings. The molecule has 2 aromatic rings. The molecule has 2 aromatic carbocycles. The van der Waals surface area contributed by atoms with Crippen molar-refractivity contribution in [2.75, 3.05) is 24.9 Å². The number of amides is 3. The van der Waals surface area contributed by atoms with Crippen LogP contribution in [0.3, 0.4) is 0 Å². The van der Waals surface area contributed by atoms with E-state index in [9.17, 15) is 14.4 Å². The fourth-order valence-electron chi connectivity index (χ4n) is 4.25. The number of nitrogens with one attached hydrogen (secondary N) is 2. The van der Waals surface area contributed by atoms with E-state index in [2.05, 4.69) is 10.6 Å². The average Bonchev–Trinajstić information content (AvgIpc) is 3.07. The molecule has 0 atom stereocenters. The molecule has 9 heteroatoms. The van der Waals surface area contributed by atoms with Gasteiger partial charge in [-0.2, -0.15) is 0 Å². The molecule has 1 saturated carbocycles. The molecule has 8 nitrogen and oxygen atoms in total. The number of anilines is 2. The molecule has 1 aliphatic heterocycles. The molecular weight excluding hydrogens is 458 g/mol. The molecule has 3 amide bonds. The van der Waals surface area contributed by atoms with E-state index in [1.54, 1.807) is 42.5 Å². The van der Waals surface area contributed by atoms with Gasteiger partial charge in [0.25, 0.3) is 17.7 Å². The number of imide groups is 1. The van der Waals surface area contributed by atoms with Crippen molar-refractivity contribution in [3.8, 4) is 11.5 Å². The summed E-state index contributed by atoms with van der Waals surface area (Å²) in [5.74, 6) is -0.121. The number of carbonyl (C=O) groups is 3. The lowest BCUT2D eigenvalue weighted by molar-refractivity contribution is -0.140. The van der Waals surface area contributed by atoms with Crippen LogP contribution in [0.4, 0.5) is 11.4 Å². The lowest BCUT2D eigenvalue weighted by atomic mass is 9.94. The standard InChI is InChI=1S/C25H26ClN3O5/c1-33-18-12-13-20(34-2)19(14-18)28-23(30)15-8-10-16(11-9-15)27-22-21(26)24(31)29(25(22)32)17-6-4-3-5-7-17/h8-14,17,27H,3-7H2,1-2H3,(H,28,30). The quantitative estimate of drug-likeness (QED) is 0.562. The Balaban J connectivity index is 1.45. The minimum absolute atomic E-state index is 0.0653. The van der Waals surface area contributed by atoms with Crippen molar-refractivity contribution in [2.24, 2.45) is 0 Å². The first-order valence-electron chi connectivity index (χ1n) is 11.1. The van der Waals surface area contributed by atoms with Crippen LogP contribution in [-0.2, 0) is 9.59 Å². The van der Waals surface area contributed by atoms with Crippen LogP contribution in [0.1, 0.15) is 42.5 Å². The highest BCUT2D eigenvalue weighted by atomic mass is 35.5. The van der Waals surface area contributed by atoms with Crippen molar-refractivity contribution in [1.82, 2.24) is 4.90 Å². The fraction of sp³-hybridized carbons (Fsp3) is 0.320. The minimum Gasteiger partial charge on any atom is -0.497 e. The summed E-state index contributed by atoms with van der Waals surface area (Å²) in [4.78, 5) is 39.6. The highest BCUT2D eigenvalue weighted by molar-refractivity contribution is 6.48. The van der Waals surface area contributed by atoms with E-state index < -0.39 is 11.8 Å². The van der Waals surface area contributed by atoms with E-state index in [0.717, 1.165) is 32.1 Å². The van der Waals surface area contributed by atoms with E-state index in [1.807, 2.05) is 0 Å². The zero-order valence-corrected chi connectivity index (χ0v) is 19.8. The van der Waals surface area contributed by atoms with Crippen LogP contribution in [0.5, 0.6) is 11.5 Å². The smallest absolute Gasteiger partial charge is 0.279 e. The number of benzene rings is 2. The Morgan fingerprint density at radius 1 is 0.971 bits per heavy atom. The Bertz CT molecular complexity index is 1140. The van der Waals surface area contributed by atoms with Crippen molar-refractivity contribution in [2.45, 2.75) is 38.1 Å². The Morgan fingerprint density at radius 2 is 1.68 bits per heavy atom. The number of ether oxygens (including phenoxy) is 2. The second-order valence-corrected chi connectivity index (χ2v) is 8.56. The van der Waals surface area contributed by atoms with E-state index in [-0.39, 0.29) is 22.7 Å². The van der Waals surface area contributed by atoms with Crippen LogP contribution in [0.25, 0.3) is 0 Å². The molecule has 1 fully saturated rings. The Kier molecular flexibility index (Phi) is 7.07. The summed E-state index contributed by atoms with van der Waals surface area (Å²) in [6.07, 6.45) is 4.71. The maximum atomic E-state index is 12.9. The predicted molar refractivity (Wildman–Crippen MR) is 129 cm³/mol. The van der Waals surface area contributed by atoms with Crippen molar-refractivity contribution in [3.05, 3.63) is 58.8 Å². The molecule has 1 aliphatic carbocycles. The number of hydrogen-bond acceptors (Lipinski definition) is 6. The largest absolute Gasteiger partial charge is 0.497 e. The first-order chi connectivity index (χ1) is 16.4. The van der Waals surface area contributed by atoms with E-state index >= 15 is 0 Å². The van der Waals surface area contributed by atoms with Crippen molar-refractivity contribution >= 4 is 40.7 Å². The summed E-state index contributed by atoms with van der Waals surface area (Å²) in [6, 6.07) is 11.5. The zero-order chi connectivity index (χ0) is 24.2. The third kappa shape index (κ3) is 4.72. The van der Waals surface area contributed by atoms with Crippen LogP contribution >= 0.6 is 11.6 Å². The monoisotopic (exact) mass is 483 g/mol. The van der Waals surface area contributed by atoms with Gasteiger partial charge in [0.1, 0.15) is 22.2 Å². The predicted octanol–water partition coefficient (Wildman–Crippen LogP) is 4.52. The maximum Gasteiger partial charge on any atom is 0.279 e. The molecule has 0 unspecified atom stereocenters. The van der Waals surface area contributed by atoms with Crippen LogP contribution in [0, 0.1) is 0 Å². The SMILES string of the molecule is COc1ccc(OC)c(NC(=O)c2ccc(NC3=C(Cl)C(=O)N(C4CCCCC4)C3=O)cc2)c1. The molecule has 0 saturated heterocycles. The second kappa shape index (κ2) is 10.2. The average molecular weight is 484 g/mol. The van der Waals surface area contributed by atoms with Crippen molar-refractivity contribution < 1.29 is 23.9 Å². The summed E-state index contributed by atoms with van der Waals surface area (Å²) in [7, 11) is 3.06. The van der Waals surface area contributed by atoms with Crippen LogP contribution in [-0.4, -0.2) is 42.9 Å². The number of carbonyl (C=O) groups excluding carboxylic acids is 3. The molecule has 178 valence electrons. The van der Waals surface area contributed by atoms with E-state index in [0.29, 0.717) is 28.4 Å². The number of hydrogen-bond donors (Lipinski definition) is 2. The first-order valence-corrected chi connectivity index (χ1v) is 11.5.